The first-order valence-corrected chi connectivity index (χ1v) is 11.9. The van der Waals surface area contributed by atoms with Crippen LogP contribution in [0.2, 0.25) is 0 Å². The summed E-state index contributed by atoms with van der Waals surface area (Å²) in [5, 5.41) is 19.4. The molecule has 0 radical (unpaired) electrons. The summed E-state index contributed by atoms with van der Waals surface area (Å²) in [6.45, 7) is 9.58. The zero-order valence-corrected chi connectivity index (χ0v) is 18.8. The molecular formula is C25H41NO3. The van der Waals surface area contributed by atoms with Crippen molar-refractivity contribution in [2.45, 2.75) is 104 Å². The third-order valence-electron chi connectivity index (χ3n) is 10.7. The van der Waals surface area contributed by atoms with Gasteiger partial charge in [-0.1, -0.05) is 39.3 Å². The van der Waals surface area contributed by atoms with Crippen LogP contribution in [0.1, 0.15) is 91.9 Å². The number of aliphatic carboxylic acids is 1. The monoisotopic (exact) mass is 403 g/mol. The van der Waals surface area contributed by atoms with E-state index < -0.39 is 5.97 Å². The lowest BCUT2D eigenvalue weighted by atomic mass is 9.39. The van der Waals surface area contributed by atoms with Gasteiger partial charge in [0.1, 0.15) is 0 Å². The van der Waals surface area contributed by atoms with Crippen molar-refractivity contribution in [3.63, 3.8) is 0 Å². The topological polar surface area (TPSA) is 83.5 Å². The predicted octanol–water partition coefficient (Wildman–Crippen LogP) is 4.90. The normalized spacial score (nSPS) is 50.1. The summed E-state index contributed by atoms with van der Waals surface area (Å²) >= 11 is 0. The summed E-state index contributed by atoms with van der Waals surface area (Å²) < 4.78 is 0. The molecule has 3 fully saturated rings. The van der Waals surface area contributed by atoms with Gasteiger partial charge in [-0.05, 0) is 91.8 Å². The SMILES string of the molecule is C[C@H](CCC(=O)O)[C@H]1CC[C@]2(N)C1(C)CC[C@@H]1C3(C)CC[C@H](O)CC3=CC[C@]12C. The average Bonchev–Trinajstić information content (AvgIpc) is 2.93. The van der Waals surface area contributed by atoms with Crippen molar-refractivity contribution in [2.24, 2.45) is 39.7 Å². The van der Waals surface area contributed by atoms with Crippen LogP contribution in [-0.4, -0.2) is 27.8 Å². The van der Waals surface area contributed by atoms with Gasteiger partial charge in [-0.3, -0.25) is 4.79 Å². The molecule has 0 saturated heterocycles. The van der Waals surface area contributed by atoms with Crippen LogP contribution >= 0.6 is 0 Å². The summed E-state index contributed by atoms with van der Waals surface area (Å²) in [6, 6.07) is 0. The molecule has 4 aliphatic rings. The number of carbonyl (C=O) groups is 1. The lowest BCUT2D eigenvalue weighted by molar-refractivity contribution is -0.138. The molecule has 3 saturated carbocycles. The fraction of sp³-hybridized carbons (Fsp3) is 0.880. The molecule has 0 aromatic rings. The van der Waals surface area contributed by atoms with E-state index in [1.165, 1.54) is 12.0 Å². The van der Waals surface area contributed by atoms with Gasteiger partial charge in [0.15, 0.2) is 0 Å². The molecule has 0 spiro atoms. The number of carboxylic acid groups (broad SMARTS) is 1. The van der Waals surface area contributed by atoms with E-state index in [-0.39, 0.29) is 34.3 Å². The highest BCUT2D eigenvalue weighted by molar-refractivity contribution is 5.66. The first-order chi connectivity index (χ1) is 13.5. The predicted molar refractivity (Wildman–Crippen MR) is 115 cm³/mol. The summed E-state index contributed by atoms with van der Waals surface area (Å²) in [7, 11) is 0. The minimum Gasteiger partial charge on any atom is -0.481 e. The molecule has 4 aliphatic carbocycles. The molecule has 0 aliphatic heterocycles. The molecule has 0 amide bonds. The van der Waals surface area contributed by atoms with Gasteiger partial charge < -0.3 is 15.9 Å². The maximum atomic E-state index is 11.1. The van der Waals surface area contributed by atoms with Gasteiger partial charge in [-0.25, -0.2) is 0 Å². The van der Waals surface area contributed by atoms with E-state index in [2.05, 4.69) is 33.8 Å². The Morgan fingerprint density at radius 2 is 1.90 bits per heavy atom. The average molecular weight is 404 g/mol. The Labute approximate surface area is 176 Å². The van der Waals surface area contributed by atoms with Crippen molar-refractivity contribution in [3.05, 3.63) is 11.6 Å². The molecule has 4 rings (SSSR count). The minimum atomic E-state index is -0.688. The zero-order chi connectivity index (χ0) is 21.2. The van der Waals surface area contributed by atoms with Crippen molar-refractivity contribution in [1.29, 1.82) is 0 Å². The van der Waals surface area contributed by atoms with Gasteiger partial charge in [0.25, 0.3) is 0 Å². The van der Waals surface area contributed by atoms with E-state index in [4.69, 9.17) is 10.8 Å². The Morgan fingerprint density at radius 3 is 2.59 bits per heavy atom. The highest BCUT2D eigenvalue weighted by atomic mass is 16.4. The lowest BCUT2D eigenvalue weighted by Gasteiger charge is -2.67. The molecule has 8 atom stereocenters. The van der Waals surface area contributed by atoms with Crippen LogP contribution in [0.3, 0.4) is 0 Å². The third kappa shape index (κ3) is 2.81. The number of nitrogens with two attached hydrogens (primary N) is 1. The van der Waals surface area contributed by atoms with Crippen molar-refractivity contribution >= 4 is 5.97 Å². The van der Waals surface area contributed by atoms with E-state index >= 15 is 0 Å². The summed E-state index contributed by atoms with van der Waals surface area (Å²) in [6.07, 6.45) is 11.7. The summed E-state index contributed by atoms with van der Waals surface area (Å²) in [5.74, 6) is 0.799. The zero-order valence-electron chi connectivity index (χ0n) is 18.8. The van der Waals surface area contributed by atoms with Gasteiger partial charge >= 0.3 is 5.97 Å². The summed E-state index contributed by atoms with van der Waals surface area (Å²) in [4.78, 5) is 11.1. The van der Waals surface area contributed by atoms with Crippen LogP contribution in [-0.2, 0) is 4.79 Å². The summed E-state index contributed by atoms with van der Waals surface area (Å²) in [5.41, 5.74) is 9.08. The Kier molecular flexibility index (Phi) is 5.02. The third-order valence-corrected chi connectivity index (χ3v) is 10.7. The van der Waals surface area contributed by atoms with Crippen LogP contribution < -0.4 is 5.73 Å². The van der Waals surface area contributed by atoms with Crippen molar-refractivity contribution in [1.82, 2.24) is 0 Å². The highest BCUT2D eigenvalue weighted by Crippen LogP contribution is 2.72. The van der Waals surface area contributed by atoms with E-state index in [1.807, 2.05) is 0 Å². The van der Waals surface area contributed by atoms with Gasteiger partial charge in [0.2, 0.25) is 0 Å². The Morgan fingerprint density at radius 1 is 1.17 bits per heavy atom. The van der Waals surface area contributed by atoms with Gasteiger partial charge in [-0.2, -0.15) is 0 Å². The van der Waals surface area contributed by atoms with E-state index in [0.29, 0.717) is 17.8 Å². The number of aliphatic hydroxyl groups excluding tert-OH is 1. The molecule has 2 unspecified atom stereocenters. The van der Waals surface area contributed by atoms with Crippen LogP contribution in [0, 0.1) is 34.0 Å². The Hall–Kier alpha value is -0.870. The quantitative estimate of drug-likeness (QED) is 0.583. The minimum absolute atomic E-state index is 0.0712. The van der Waals surface area contributed by atoms with E-state index in [9.17, 15) is 9.90 Å². The Balaban J connectivity index is 1.67. The first kappa shape index (κ1) is 21.4. The molecule has 0 aromatic heterocycles. The molecule has 0 aromatic carbocycles. The number of carboxylic acids is 1. The fourth-order valence-corrected chi connectivity index (χ4v) is 8.81. The first-order valence-electron chi connectivity index (χ1n) is 11.9. The van der Waals surface area contributed by atoms with Gasteiger partial charge in [-0.15, -0.1) is 0 Å². The molecule has 4 N–H and O–H groups in total. The Bertz CT molecular complexity index is 719. The van der Waals surface area contributed by atoms with Crippen LogP contribution in [0.4, 0.5) is 0 Å². The number of hydrogen-bond donors (Lipinski definition) is 3. The molecule has 164 valence electrons. The number of fused-ring (bicyclic) bond motifs is 5. The van der Waals surface area contributed by atoms with Crippen LogP contribution in [0.25, 0.3) is 0 Å². The van der Waals surface area contributed by atoms with Crippen LogP contribution in [0.5, 0.6) is 0 Å². The molecule has 4 nitrogen and oxygen atoms in total. The van der Waals surface area contributed by atoms with Crippen molar-refractivity contribution in [3.8, 4) is 0 Å². The molecule has 0 bridgehead atoms. The van der Waals surface area contributed by atoms with Gasteiger partial charge in [0.05, 0.1) is 6.10 Å². The second kappa shape index (κ2) is 6.82. The van der Waals surface area contributed by atoms with Gasteiger partial charge in [0, 0.05) is 12.0 Å². The number of aliphatic hydroxyl groups is 1. The molecule has 4 heteroatoms. The van der Waals surface area contributed by atoms with Crippen LogP contribution in [0.15, 0.2) is 11.6 Å². The standard InChI is InChI=1S/C25H41NO3/c1-16(5-6-21(28)29)19-9-14-25(26)23(19,3)13-10-20-22(2)11-8-18(27)15-17(22)7-12-24(20,25)4/h7,16,18-20,27H,5-6,8-15,26H2,1-4H3,(H,28,29)/t16-,18+,19-,20-,22?,23?,24-,25+/m1/s1. The molecular weight excluding hydrogens is 362 g/mol. The largest absolute Gasteiger partial charge is 0.481 e. The van der Waals surface area contributed by atoms with Crippen molar-refractivity contribution < 1.29 is 15.0 Å². The maximum absolute atomic E-state index is 11.1. The second-order valence-corrected chi connectivity index (χ2v) is 11.7. The maximum Gasteiger partial charge on any atom is 0.303 e. The smallest absolute Gasteiger partial charge is 0.303 e. The molecule has 0 heterocycles. The van der Waals surface area contributed by atoms with E-state index in [1.54, 1.807) is 0 Å². The molecule has 29 heavy (non-hydrogen) atoms. The van der Waals surface area contributed by atoms with E-state index in [0.717, 1.165) is 51.4 Å². The number of rotatable bonds is 4. The van der Waals surface area contributed by atoms with Crippen molar-refractivity contribution in [2.75, 3.05) is 0 Å². The fourth-order valence-electron chi connectivity index (χ4n) is 8.81. The highest BCUT2D eigenvalue weighted by Gasteiger charge is 2.70. The number of hydrogen-bond acceptors (Lipinski definition) is 3. The second-order valence-electron chi connectivity index (χ2n) is 11.7. The lowest BCUT2D eigenvalue weighted by Crippen LogP contribution is -2.70. The number of allylic oxidation sites excluding steroid dienone is 1.